The number of aliphatic carboxylic acids is 6. The number of hydrogen-bond donors (Lipinski definition) is 8. The first-order chi connectivity index (χ1) is 31.7. The molecular formula is C44H61GaN6O18. The Kier molecular flexibility index (Phi) is 30.8. The van der Waals surface area contributed by atoms with Gasteiger partial charge in [0.25, 0.3) is 0 Å². The predicted molar refractivity (Wildman–Crippen MR) is 237 cm³/mol. The van der Waals surface area contributed by atoms with Crippen LogP contribution < -0.4 is 41.7 Å². The smallest absolute Gasteiger partial charge is 0.872 e. The van der Waals surface area contributed by atoms with Crippen molar-refractivity contribution in [3.63, 3.8) is 0 Å². The molecule has 2 atom stereocenters. The van der Waals surface area contributed by atoms with Crippen molar-refractivity contribution in [2.24, 2.45) is 0 Å². The summed E-state index contributed by atoms with van der Waals surface area (Å²) in [4.78, 5) is 107. The maximum atomic E-state index is 12.8. The zero-order chi connectivity index (χ0) is 49.9. The Labute approximate surface area is 410 Å². The van der Waals surface area contributed by atoms with Gasteiger partial charge in [-0.2, -0.15) is 0 Å². The van der Waals surface area contributed by atoms with Gasteiger partial charge in [-0.15, -0.1) is 11.5 Å². The van der Waals surface area contributed by atoms with Crippen LogP contribution in [0.4, 0.5) is 4.79 Å². The molecule has 2 rings (SSSR count). The summed E-state index contributed by atoms with van der Waals surface area (Å²) >= 11 is 0. The Hall–Kier alpha value is -6.41. The van der Waals surface area contributed by atoms with Crippen molar-refractivity contribution < 1.29 is 89.5 Å². The van der Waals surface area contributed by atoms with Gasteiger partial charge in [0.05, 0.1) is 11.9 Å². The number of unbranched alkanes of at least 4 members (excludes halogenated alkanes) is 3. The predicted octanol–water partition coefficient (Wildman–Crippen LogP) is -3.68. The molecule has 0 aliphatic rings. The van der Waals surface area contributed by atoms with Gasteiger partial charge >= 0.3 is 49.7 Å². The molecule has 0 aromatic heterocycles. The second-order valence-corrected chi connectivity index (χ2v) is 15.8. The van der Waals surface area contributed by atoms with Crippen LogP contribution in [0, 0.1) is 0 Å². The van der Waals surface area contributed by atoms with E-state index in [1.54, 1.807) is 12.1 Å². The van der Waals surface area contributed by atoms with E-state index in [2.05, 4.69) is 16.0 Å². The summed E-state index contributed by atoms with van der Waals surface area (Å²) in [7, 11) is 0. The van der Waals surface area contributed by atoms with Gasteiger partial charge in [0.2, 0.25) is 11.8 Å². The van der Waals surface area contributed by atoms with Crippen molar-refractivity contribution in [3.05, 3.63) is 58.7 Å². The number of urea groups is 1. The van der Waals surface area contributed by atoms with E-state index < -0.39 is 85.6 Å². The van der Waals surface area contributed by atoms with E-state index in [4.69, 9.17) is 15.3 Å². The Morgan fingerprint density at radius 2 is 0.986 bits per heavy atom. The van der Waals surface area contributed by atoms with Crippen molar-refractivity contribution >= 4 is 73.5 Å². The normalized spacial score (nSPS) is 11.6. The number of amides is 4. The molecule has 0 saturated carbocycles. The maximum Gasteiger partial charge on any atom is 3.00 e. The van der Waals surface area contributed by atoms with Gasteiger partial charge in [0, 0.05) is 78.0 Å². The Bertz CT molecular complexity index is 2020. The molecule has 0 radical (unpaired) electrons. The van der Waals surface area contributed by atoms with Crippen LogP contribution in [0.5, 0.6) is 11.5 Å². The molecule has 69 heavy (non-hydrogen) atoms. The van der Waals surface area contributed by atoms with Crippen molar-refractivity contribution in [1.82, 2.24) is 31.1 Å². The summed E-state index contributed by atoms with van der Waals surface area (Å²) in [5, 5.41) is 94.6. The van der Waals surface area contributed by atoms with Gasteiger partial charge < -0.3 is 77.2 Å². The van der Waals surface area contributed by atoms with Crippen molar-refractivity contribution in [2.45, 2.75) is 109 Å². The fraction of sp³-hybridized carbons (Fsp3) is 0.523. The zero-order valence-electron chi connectivity index (χ0n) is 38.1. The number of rotatable bonds is 35. The quantitative estimate of drug-likeness (QED) is 0.0187. The van der Waals surface area contributed by atoms with Gasteiger partial charge in [-0.25, -0.2) is 14.4 Å². The molecule has 378 valence electrons. The van der Waals surface area contributed by atoms with Gasteiger partial charge in [0.1, 0.15) is 12.1 Å². The number of benzene rings is 2. The van der Waals surface area contributed by atoms with Gasteiger partial charge in [-0.3, -0.25) is 29.0 Å². The fourth-order valence-electron chi connectivity index (χ4n) is 6.72. The first-order valence-corrected chi connectivity index (χ1v) is 21.6. The summed E-state index contributed by atoms with van der Waals surface area (Å²) < 4.78 is 0. The number of carbonyl (C=O) groups is 9. The fourth-order valence-corrected chi connectivity index (χ4v) is 6.72. The zero-order valence-corrected chi connectivity index (χ0v) is 40.5. The standard InChI is InChI=1S/C44H62N6O17.Ga.H2O/c51-34-13-8-28(22-30(34)24-49(26-40(59)60)20-21-50(27-41(61)62)25-31-23-29(9-14-35(31)52)11-16-38(55)56)10-15-37(54)46-18-4-1-2-7-36(53)45-19-5-3-6-32(42(63)64)47-44(67)48-33(43(65)66)12-17-39(57)58;;/h8-9,13-14,22-23,32-33,51-52H,1-7,10-12,15-21,24-27H2,(H,45,53)(H,46,54)(H,55,56)(H,57,58)(H,59,60)(H,61,62)(H,63,64)(H,65,66)(H2,47,48,67);;1H2/q;+3;/p-3/t32-,33-;;/m0../s1/i;1-2;. The molecule has 11 N–H and O–H groups in total. The largest absolute Gasteiger partial charge is 3.00 e. The second kappa shape index (κ2) is 34.0. The molecule has 0 unspecified atom stereocenters. The molecule has 25 heteroatoms. The van der Waals surface area contributed by atoms with E-state index in [1.807, 2.05) is 5.32 Å². The second-order valence-electron chi connectivity index (χ2n) is 15.8. The van der Waals surface area contributed by atoms with Crippen LogP contribution in [0.2, 0.25) is 0 Å². The SMILES string of the molecule is O=C([O-])CN(CCN(CC(=O)[O-])Cc1cc(CCC(=O)NCCCCCC(=O)NCCCC[C@H](NC(=O)N[C@@H](CCC(=O)O)C(=O)O)C(=O)O)ccc1[O-])Cc1cc(CCC(=O)O)ccc1[O-].[68Ga+3].[OH3+]. The van der Waals surface area contributed by atoms with Crippen LogP contribution in [-0.2, 0) is 69.8 Å². The molecular weight excluding hydrogens is 968 g/mol. The third-order valence-electron chi connectivity index (χ3n) is 10.2. The molecule has 0 heterocycles. The first-order valence-electron chi connectivity index (χ1n) is 21.6. The summed E-state index contributed by atoms with van der Waals surface area (Å²) in [5.41, 5.74) is 1.65. The van der Waals surface area contributed by atoms with Gasteiger partial charge in [0.15, 0.2) is 0 Å². The van der Waals surface area contributed by atoms with Gasteiger partial charge in [-0.05, 0) is 73.6 Å². The number of hydrogen-bond acceptors (Lipinski definition) is 15. The van der Waals surface area contributed by atoms with Crippen molar-refractivity contribution in [3.8, 4) is 11.5 Å². The summed E-state index contributed by atoms with van der Waals surface area (Å²) in [5.74, 6) is -9.28. The van der Waals surface area contributed by atoms with E-state index >= 15 is 0 Å². The van der Waals surface area contributed by atoms with E-state index in [-0.39, 0.29) is 125 Å². The van der Waals surface area contributed by atoms with E-state index in [9.17, 15) is 68.7 Å². The monoisotopic (exact) mass is 1030 g/mol. The van der Waals surface area contributed by atoms with Crippen LogP contribution >= 0.6 is 0 Å². The summed E-state index contributed by atoms with van der Waals surface area (Å²) in [6, 6.07) is 4.73. The Balaban J connectivity index is 0.0000231. The molecule has 2 aromatic rings. The molecule has 0 aliphatic carbocycles. The number of carboxylic acid groups (broad SMARTS) is 6. The van der Waals surface area contributed by atoms with E-state index in [0.717, 1.165) is 0 Å². The molecule has 0 aliphatic heterocycles. The summed E-state index contributed by atoms with van der Waals surface area (Å²) in [6.45, 7) is -0.999. The van der Waals surface area contributed by atoms with Crippen molar-refractivity contribution in [1.29, 1.82) is 0 Å². The minimum atomic E-state index is -1.52. The molecule has 0 fully saturated rings. The van der Waals surface area contributed by atoms with E-state index in [1.165, 1.54) is 34.1 Å². The molecule has 4 amide bonds. The van der Waals surface area contributed by atoms with Crippen LogP contribution in [0.1, 0.15) is 92.9 Å². The van der Waals surface area contributed by atoms with Crippen LogP contribution in [0.25, 0.3) is 0 Å². The average molecular weight is 1030 g/mol. The molecule has 0 bridgehead atoms. The topological polar surface area (TPSA) is 414 Å². The van der Waals surface area contributed by atoms with Crippen LogP contribution in [0.3, 0.4) is 0 Å². The minimum absolute atomic E-state index is 0. The third kappa shape index (κ3) is 27.9. The number of nitrogens with one attached hydrogen (secondary N) is 4. The number of carboxylic acids is 6. The number of carbonyl (C=O) groups excluding carboxylic acids is 5. The van der Waals surface area contributed by atoms with Gasteiger partial charge in [-0.1, -0.05) is 42.8 Å². The first kappa shape index (κ1) is 62.6. The number of nitrogens with zero attached hydrogens (tertiary/aromatic N) is 2. The molecule has 0 spiro atoms. The third-order valence-corrected chi connectivity index (χ3v) is 10.2. The Morgan fingerprint density at radius 3 is 1.43 bits per heavy atom. The maximum absolute atomic E-state index is 12.8. The molecule has 0 saturated heterocycles. The van der Waals surface area contributed by atoms with Crippen LogP contribution in [0.15, 0.2) is 36.4 Å². The molecule has 2 aromatic carbocycles. The average Bonchev–Trinajstić information content (AvgIpc) is 3.24. The number of aryl methyl sites for hydroxylation is 2. The van der Waals surface area contributed by atoms with Crippen molar-refractivity contribution in [2.75, 3.05) is 39.3 Å². The van der Waals surface area contributed by atoms with Crippen LogP contribution in [-0.4, -0.2) is 155 Å². The Morgan fingerprint density at radius 1 is 0.551 bits per heavy atom. The summed E-state index contributed by atoms with van der Waals surface area (Å²) in [6.07, 6.45) is 2.04. The minimum Gasteiger partial charge on any atom is -0.872 e. The molecule has 24 nitrogen and oxygen atoms in total. The van der Waals surface area contributed by atoms with E-state index in [0.29, 0.717) is 49.8 Å².